The number of carbonyl (C=O) groups is 1. The van der Waals surface area contributed by atoms with Gasteiger partial charge in [0.15, 0.2) is 0 Å². The fourth-order valence-corrected chi connectivity index (χ4v) is 1.34. The molecule has 0 amide bonds. The SMILES string of the molecule is CC(=O)OC1C(CCO)C[NH+]1[O-]. The predicted octanol–water partition coefficient (Wildman–Crippen LogP) is -1.73. The van der Waals surface area contributed by atoms with E-state index in [1.54, 1.807) is 0 Å². The van der Waals surface area contributed by atoms with Crippen LogP contribution in [0.4, 0.5) is 0 Å². The molecule has 0 aliphatic carbocycles. The van der Waals surface area contributed by atoms with Gasteiger partial charge in [-0.25, -0.2) is 0 Å². The van der Waals surface area contributed by atoms with Gasteiger partial charge in [0.05, 0.1) is 6.54 Å². The van der Waals surface area contributed by atoms with E-state index >= 15 is 0 Å². The summed E-state index contributed by atoms with van der Waals surface area (Å²) in [5.41, 5.74) is 0. The molecule has 3 atom stereocenters. The molecule has 0 spiro atoms. The molecule has 5 nitrogen and oxygen atoms in total. The average molecular weight is 175 g/mol. The number of hydrogen-bond acceptors (Lipinski definition) is 4. The fourth-order valence-electron chi connectivity index (χ4n) is 1.34. The first kappa shape index (κ1) is 9.44. The lowest BCUT2D eigenvalue weighted by Crippen LogP contribution is -3.21. The zero-order valence-electron chi connectivity index (χ0n) is 6.95. The Bertz CT molecular complexity index is 171. The van der Waals surface area contributed by atoms with Crippen molar-refractivity contribution in [2.45, 2.75) is 19.6 Å². The summed E-state index contributed by atoms with van der Waals surface area (Å²) in [6.07, 6.45) is -0.0569. The Hall–Kier alpha value is -0.650. The second kappa shape index (κ2) is 3.84. The van der Waals surface area contributed by atoms with Crippen LogP contribution in [0.25, 0.3) is 0 Å². The van der Waals surface area contributed by atoms with Gasteiger partial charge in [-0.15, -0.1) is 0 Å². The van der Waals surface area contributed by atoms with Crippen LogP contribution in [0.1, 0.15) is 13.3 Å². The molecule has 1 heterocycles. The number of carbonyl (C=O) groups excluding carboxylic acids is 1. The normalized spacial score (nSPS) is 34.1. The van der Waals surface area contributed by atoms with Crippen molar-refractivity contribution in [1.29, 1.82) is 0 Å². The maximum Gasteiger partial charge on any atom is 0.307 e. The fraction of sp³-hybridized carbons (Fsp3) is 0.857. The second-order valence-electron chi connectivity index (χ2n) is 2.97. The number of aliphatic hydroxyl groups excluding tert-OH is 1. The number of hydrogen-bond donors (Lipinski definition) is 2. The highest BCUT2D eigenvalue weighted by Crippen LogP contribution is 2.12. The van der Waals surface area contributed by atoms with E-state index in [0.29, 0.717) is 13.0 Å². The standard InChI is InChI=1S/C7H13NO4/c1-5(10)12-7-6(2-3-9)4-8(7)11/h6-9H,2-4H2,1H3. The Balaban J connectivity index is 2.33. The van der Waals surface area contributed by atoms with Crippen molar-refractivity contribution >= 4 is 5.97 Å². The summed E-state index contributed by atoms with van der Waals surface area (Å²) in [6.45, 7) is 1.75. The molecular formula is C7H13NO4. The molecule has 1 aliphatic heterocycles. The number of hydroxylamine groups is 2. The molecule has 3 unspecified atom stereocenters. The van der Waals surface area contributed by atoms with Crippen molar-refractivity contribution in [1.82, 2.24) is 0 Å². The molecule has 0 radical (unpaired) electrons. The Morgan fingerprint density at radius 1 is 1.83 bits per heavy atom. The van der Waals surface area contributed by atoms with E-state index in [-0.39, 0.29) is 17.6 Å². The van der Waals surface area contributed by atoms with Gasteiger partial charge in [0.2, 0.25) is 6.23 Å². The van der Waals surface area contributed by atoms with Crippen LogP contribution in [0.2, 0.25) is 0 Å². The van der Waals surface area contributed by atoms with Crippen LogP contribution in [0.15, 0.2) is 0 Å². The number of quaternary nitrogens is 1. The Labute approximate surface area is 70.5 Å². The van der Waals surface area contributed by atoms with Crippen molar-refractivity contribution in [3.05, 3.63) is 5.21 Å². The first-order valence-electron chi connectivity index (χ1n) is 3.96. The van der Waals surface area contributed by atoms with E-state index in [1.165, 1.54) is 6.92 Å². The summed E-state index contributed by atoms with van der Waals surface area (Å²) in [7, 11) is 0. The first-order chi connectivity index (χ1) is 5.65. The molecule has 0 bridgehead atoms. The third-order valence-corrected chi connectivity index (χ3v) is 2.00. The summed E-state index contributed by atoms with van der Waals surface area (Å²) < 4.78 is 4.76. The quantitative estimate of drug-likeness (QED) is 0.395. The van der Waals surface area contributed by atoms with E-state index in [0.717, 1.165) is 0 Å². The highest BCUT2D eigenvalue weighted by Gasteiger charge is 2.41. The predicted molar refractivity (Wildman–Crippen MR) is 39.9 cm³/mol. The number of esters is 1. The summed E-state index contributed by atoms with van der Waals surface area (Å²) in [6, 6.07) is 0. The third-order valence-electron chi connectivity index (χ3n) is 2.00. The maximum absolute atomic E-state index is 10.9. The highest BCUT2D eigenvalue weighted by atomic mass is 16.6. The number of ether oxygens (including phenoxy) is 1. The monoisotopic (exact) mass is 175 g/mol. The van der Waals surface area contributed by atoms with Crippen LogP contribution in [0.5, 0.6) is 0 Å². The van der Waals surface area contributed by atoms with Gasteiger partial charge >= 0.3 is 5.97 Å². The van der Waals surface area contributed by atoms with Crippen molar-refractivity contribution in [3.8, 4) is 0 Å². The Morgan fingerprint density at radius 3 is 2.92 bits per heavy atom. The van der Waals surface area contributed by atoms with E-state index in [4.69, 9.17) is 9.84 Å². The van der Waals surface area contributed by atoms with Gasteiger partial charge in [0, 0.05) is 13.5 Å². The molecular weight excluding hydrogens is 162 g/mol. The smallest absolute Gasteiger partial charge is 0.307 e. The second-order valence-corrected chi connectivity index (χ2v) is 2.97. The average Bonchev–Trinajstić information content (AvgIpc) is 2.00. The molecule has 0 aromatic carbocycles. The number of aliphatic hydroxyl groups is 1. The minimum atomic E-state index is -0.588. The van der Waals surface area contributed by atoms with Gasteiger partial charge in [-0.3, -0.25) is 4.79 Å². The van der Waals surface area contributed by atoms with Gasteiger partial charge in [0.25, 0.3) is 0 Å². The van der Waals surface area contributed by atoms with Crippen molar-refractivity contribution in [3.63, 3.8) is 0 Å². The highest BCUT2D eigenvalue weighted by molar-refractivity contribution is 5.66. The van der Waals surface area contributed by atoms with Gasteiger partial charge in [-0.05, 0) is 6.42 Å². The topological polar surface area (TPSA) is 74.0 Å². The molecule has 1 fully saturated rings. The van der Waals surface area contributed by atoms with Crippen molar-refractivity contribution < 1.29 is 19.7 Å². The van der Waals surface area contributed by atoms with Gasteiger partial charge in [-0.1, -0.05) is 0 Å². The molecule has 1 rings (SSSR count). The van der Waals surface area contributed by atoms with Crippen LogP contribution >= 0.6 is 0 Å². The summed E-state index contributed by atoms with van der Waals surface area (Å²) in [5.74, 6) is -0.401. The molecule has 70 valence electrons. The van der Waals surface area contributed by atoms with E-state index in [1.807, 2.05) is 0 Å². The van der Waals surface area contributed by atoms with Crippen LogP contribution in [-0.2, 0) is 9.53 Å². The molecule has 1 aliphatic rings. The van der Waals surface area contributed by atoms with Crippen LogP contribution in [0, 0.1) is 11.1 Å². The van der Waals surface area contributed by atoms with Gasteiger partial charge in [-0.2, -0.15) is 0 Å². The maximum atomic E-state index is 10.9. The molecule has 0 aromatic heterocycles. The Morgan fingerprint density at radius 2 is 2.50 bits per heavy atom. The first-order valence-corrected chi connectivity index (χ1v) is 3.96. The molecule has 0 saturated carbocycles. The molecule has 1 saturated heterocycles. The molecule has 5 heteroatoms. The van der Waals surface area contributed by atoms with Crippen LogP contribution < -0.4 is 5.06 Å². The number of rotatable bonds is 3. The lowest BCUT2D eigenvalue weighted by molar-refractivity contribution is -0.956. The summed E-state index contributed by atoms with van der Waals surface area (Å²) in [5, 5.41) is 19.4. The lowest BCUT2D eigenvalue weighted by Gasteiger charge is -2.45. The Kier molecular flexibility index (Phi) is 3.02. The molecule has 12 heavy (non-hydrogen) atoms. The van der Waals surface area contributed by atoms with Crippen molar-refractivity contribution in [2.75, 3.05) is 13.2 Å². The summed E-state index contributed by atoms with van der Waals surface area (Å²) in [4.78, 5) is 10.5. The van der Waals surface area contributed by atoms with E-state index in [9.17, 15) is 10.0 Å². The molecule has 2 N–H and O–H groups in total. The largest absolute Gasteiger partial charge is 0.632 e. The van der Waals surface area contributed by atoms with Gasteiger partial charge in [0.1, 0.15) is 5.92 Å². The van der Waals surface area contributed by atoms with Crippen LogP contribution in [0.3, 0.4) is 0 Å². The summed E-state index contributed by atoms with van der Waals surface area (Å²) >= 11 is 0. The zero-order chi connectivity index (χ0) is 9.14. The zero-order valence-corrected chi connectivity index (χ0v) is 6.95. The van der Waals surface area contributed by atoms with Crippen molar-refractivity contribution in [2.24, 2.45) is 5.92 Å². The third kappa shape index (κ3) is 1.94. The van der Waals surface area contributed by atoms with E-state index in [2.05, 4.69) is 0 Å². The van der Waals surface area contributed by atoms with E-state index < -0.39 is 12.2 Å². The minimum Gasteiger partial charge on any atom is -0.632 e. The lowest BCUT2D eigenvalue weighted by atomic mass is 9.96. The van der Waals surface area contributed by atoms with Gasteiger partial charge < -0.3 is 20.1 Å². The van der Waals surface area contributed by atoms with Crippen LogP contribution in [-0.4, -0.2) is 30.5 Å². The number of nitrogens with one attached hydrogen (secondary N) is 1. The minimum absolute atomic E-state index is 0.0337. The molecule has 0 aromatic rings.